The molecular formula is C22H25ClN2O2. The first kappa shape index (κ1) is 19.4. The molecule has 1 aliphatic heterocycles. The Kier molecular flexibility index (Phi) is 6.17. The first-order valence-electron chi connectivity index (χ1n) is 9.36. The summed E-state index contributed by atoms with van der Waals surface area (Å²) >= 11 is 5.89. The van der Waals surface area contributed by atoms with Crippen molar-refractivity contribution in [2.45, 2.75) is 19.8 Å². The molecule has 4 nitrogen and oxygen atoms in total. The molecule has 142 valence electrons. The first-order valence-corrected chi connectivity index (χ1v) is 9.73. The highest BCUT2D eigenvalue weighted by atomic mass is 35.5. The topological polar surface area (TPSA) is 40.6 Å². The third-order valence-electron chi connectivity index (χ3n) is 5.06. The van der Waals surface area contributed by atoms with E-state index in [2.05, 4.69) is 13.8 Å². The molecule has 3 rings (SSSR count). The van der Waals surface area contributed by atoms with E-state index in [0.717, 1.165) is 5.56 Å². The van der Waals surface area contributed by atoms with E-state index in [4.69, 9.17) is 11.6 Å². The summed E-state index contributed by atoms with van der Waals surface area (Å²) in [5.41, 5.74) is 1.68. The molecule has 1 atom stereocenters. The Labute approximate surface area is 165 Å². The molecule has 2 aromatic carbocycles. The van der Waals surface area contributed by atoms with E-state index in [-0.39, 0.29) is 23.7 Å². The standard InChI is InChI=1S/C22H25ClN2O2/c1-16(2)20(17-6-4-3-5-7-17)22(27)25-14-12-24(13-15-25)21(26)18-8-10-19(23)11-9-18/h3-11,16,20H,12-15H2,1-2H3. The fourth-order valence-corrected chi connectivity index (χ4v) is 3.70. The van der Waals surface area contributed by atoms with Gasteiger partial charge in [0.15, 0.2) is 0 Å². The van der Waals surface area contributed by atoms with Crippen LogP contribution >= 0.6 is 11.6 Å². The lowest BCUT2D eigenvalue weighted by Crippen LogP contribution is -2.52. The van der Waals surface area contributed by atoms with Crippen LogP contribution < -0.4 is 0 Å². The number of hydrogen-bond donors (Lipinski definition) is 0. The highest BCUT2D eigenvalue weighted by Gasteiger charge is 2.31. The van der Waals surface area contributed by atoms with Gasteiger partial charge in [-0.05, 0) is 35.7 Å². The van der Waals surface area contributed by atoms with Crippen LogP contribution in [-0.2, 0) is 4.79 Å². The van der Waals surface area contributed by atoms with Crippen molar-refractivity contribution in [3.63, 3.8) is 0 Å². The van der Waals surface area contributed by atoms with Crippen molar-refractivity contribution in [1.29, 1.82) is 0 Å². The second-order valence-electron chi connectivity index (χ2n) is 7.26. The summed E-state index contributed by atoms with van der Waals surface area (Å²) in [7, 11) is 0. The zero-order chi connectivity index (χ0) is 19.4. The number of rotatable bonds is 4. The number of benzene rings is 2. The minimum Gasteiger partial charge on any atom is -0.339 e. The van der Waals surface area contributed by atoms with Crippen molar-refractivity contribution in [3.05, 3.63) is 70.7 Å². The number of halogens is 1. The van der Waals surface area contributed by atoms with Gasteiger partial charge in [-0.1, -0.05) is 55.8 Å². The fraction of sp³-hybridized carbons (Fsp3) is 0.364. The molecular weight excluding hydrogens is 360 g/mol. The Hall–Kier alpha value is -2.33. The molecule has 2 amide bonds. The van der Waals surface area contributed by atoms with Gasteiger partial charge in [-0.3, -0.25) is 9.59 Å². The third-order valence-corrected chi connectivity index (χ3v) is 5.31. The van der Waals surface area contributed by atoms with Gasteiger partial charge in [-0.15, -0.1) is 0 Å². The zero-order valence-corrected chi connectivity index (χ0v) is 16.5. The molecule has 0 N–H and O–H groups in total. The average molecular weight is 385 g/mol. The molecule has 1 saturated heterocycles. The van der Waals surface area contributed by atoms with E-state index in [0.29, 0.717) is 36.8 Å². The maximum absolute atomic E-state index is 13.1. The number of hydrogen-bond acceptors (Lipinski definition) is 2. The van der Waals surface area contributed by atoms with E-state index in [1.807, 2.05) is 35.2 Å². The van der Waals surface area contributed by atoms with Gasteiger partial charge in [0.2, 0.25) is 5.91 Å². The zero-order valence-electron chi connectivity index (χ0n) is 15.8. The van der Waals surface area contributed by atoms with Gasteiger partial charge in [-0.25, -0.2) is 0 Å². The Morgan fingerprint density at radius 1 is 0.852 bits per heavy atom. The van der Waals surface area contributed by atoms with E-state index in [1.54, 1.807) is 29.2 Å². The summed E-state index contributed by atoms with van der Waals surface area (Å²) < 4.78 is 0. The molecule has 5 heteroatoms. The van der Waals surface area contributed by atoms with Crippen molar-refractivity contribution in [3.8, 4) is 0 Å². The summed E-state index contributed by atoms with van der Waals surface area (Å²) in [6.45, 7) is 6.38. The largest absolute Gasteiger partial charge is 0.339 e. The van der Waals surface area contributed by atoms with Gasteiger partial charge in [0, 0.05) is 36.8 Å². The lowest BCUT2D eigenvalue weighted by Gasteiger charge is -2.37. The molecule has 1 aliphatic rings. The molecule has 0 radical (unpaired) electrons. The molecule has 27 heavy (non-hydrogen) atoms. The lowest BCUT2D eigenvalue weighted by atomic mass is 9.87. The fourth-order valence-electron chi connectivity index (χ4n) is 3.57. The van der Waals surface area contributed by atoms with Crippen LogP contribution in [0.5, 0.6) is 0 Å². The minimum absolute atomic E-state index is 0.0118. The molecule has 0 aliphatic carbocycles. The van der Waals surface area contributed by atoms with Gasteiger partial charge >= 0.3 is 0 Å². The third kappa shape index (κ3) is 4.51. The van der Waals surface area contributed by atoms with Crippen LogP contribution in [0.1, 0.15) is 35.7 Å². The Morgan fingerprint density at radius 3 is 1.96 bits per heavy atom. The van der Waals surface area contributed by atoms with Crippen LogP contribution in [-0.4, -0.2) is 47.8 Å². The molecule has 0 spiro atoms. The number of carbonyl (C=O) groups is 2. The van der Waals surface area contributed by atoms with Crippen LogP contribution in [0, 0.1) is 5.92 Å². The van der Waals surface area contributed by atoms with Crippen molar-refractivity contribution < 1.29 is 9.59 Å². The van der Waals surface area contributed by atoms with Gasteiger partial charge in [0.05, 0.1) is 5.92 Å². The SMILES string of the molecule is CC(C)C(C(=O)N1CCN(C(=O)c2ccc(Cl)cc2)CC1)c1ccccc1. The first-order chi connectivity index (χ1) is 13.0. The van der Waals surface area contributed by atoms with Crippen molar-refractivity contribution in [2.24, 2.45) is 5.92 Å². The smallest absolute Gasteiger partial charge is 0.253 e. The lowest BCUT2D eigenvalue weighted by molar-refractivity contribution is -0.135. The van der Waals surface area contributed by atoms with E-state index < -0.39 is 0 Å². The predicted molar refractivity (Wildman–Crippen MR) is 108 cm³/mol. The predicted octanol–water partition coefficient (Wildman–Crippen LogP) is 4.06. The average Bonchev–Trinajstić information content (AvgIpc) is 2.69. The Bertz CT molecular complexity index is 782. The Morgan fingerprint density at radius 2 is 1.41 bits per heavy atom. The molecule has 2 aromatic rings. The summed E-state index contributed by atoms with van der Waals surface area (Å²) in [6, 6.07) is 16.9. The van der Waals surface area contributed by atoms with Gasteiger partial charge in [-0.2, -0.15) is 0 Å². The number of carbonyl (C=O) groups excluding carboxylic acids is 2. The maximum atomic E-state index is 13.1. The molecule has 1 unspecified atom stereocenters. The second-order valence-corrected chi connectivity index (χ2v) is 7.69. The summed E-state index contributed by atoms with van der Waals surface area (Å²) in [4.78, 5) is 29.5. The quantitative estimate of drug-likeness (QED) is 0.797. The van der Waals surface area contributed by atoms with E-state index in [1.165, 1.54) is 0 Å². The molecule has 1 fully saturated rings. The summed E-state index contributed by atoms with van der Waals surface area (Å²) in [5.74, 6) is 0.204. The van der Waals surface area contributed by atoms with Crippen LogP contribution in [0.25, 0.3) is 0 Å². The van der Waals surface area contributed by atoms with E-state index in [9.17, 15) is 9.59 Å². The van der Waals surface area contributed by atoms with Gasteiger partial charge in [0.25, 0.3) is 5.91 Å². The van der Waals surface area contributed by atoms with Crippen LogP contribution in [0.15, 0.2) is 54.6 Å². The number of nitrogens with zero attached hydrogens (tertiary/aromatic N) is 2. The normalized spacial score (nSPS) is 15.7. The van der Waals surface area contributed by atoms with Crippen LogP contribution in [0.2, 0.25) is 5.02 Å². The minimum atomic E-state index is -0.148. The molecule has 0 aromatic heterocycles. The maximum Gasteiger partial charge on any atom is 0.253 e. The highest BCUT2D eigenvalue weighted by Crippen LogP contribution is 2.27. The second kappa shape index (κ2) is 8.57. The van der Waals surface area contributed by atoms with Crippen LogP contribution in [0.4, 0.5) is 0 Å². The number of piperazine rings is 1. The summed E-state index contributed by atoms with van der Waals surface area (Å²) in [6.07, 6.45) is 0. The van der Waals surface area contributed by atoms with Crippen molar-refractivity contribution in [2.75, 3.05) is 26.2 Å². The number of amides is 2. The molecule has 0 saturated carbocycles. The molecule has 1 heterocycles. The van der Waals surface area contributed by atoms with Crippen LogP contribution in [0.3, 0.4) is 0 Å². The van der Waals surface area contributed by atoms with E-state index >= 15 is 0 Å². The van der Waals surface area contributed by atoms with Gasteiger partial charge in [0.1, 0.15) is 0 Å². The summed E-state index contributed by atoms with van der Waals surface area (Å²) in [5, 5.41) is 0.614. The van der Waals surface area contributed by atoms with Gasteiger partial charge < -0.3 is 9.80 Å². The Balaban J connectivity index is 1.65. The highest BCUT2D eigenvalue weighted by molar-refractivity contribution is 6.30. The monoisotopic (exact) mass is 384 g/mol. The molecule has 0 bridgehead atoms. The van der Waals surface area contributed by atoms with Crippen molar-refractivity contribution in [1.82, 2.24) is 9.80 Å². The van der Waals surface area contributed by atoms with Crippen molar-refractivity contribution >= 4 is 23.4 Å².